The molecule has 1 amide bonds. The van der Waals surface area contributed by atoms with Gasteiger partial charge >= 0.3 is 0 Å². The minimum atomic E-state index is -0.356. The Morgan fingerprint density at radius 1 is 1.32 bits per heavy atom. The smallest absolute Gasteiger partial charge is 0.251 e. The average molecular weight is 302 g/mol. The molecule has 0 aliphatic rings. The molecule has 6 nitrogen and oxygen atoms in total. The van der Waals surface area contributed by atoms with E-state index in [2.05, 4.69) is 15.5 Å². The number of nitrogens with two attached hydrogens (primary N) is 1. The Morgan fingerprint density at radius 2 is 1.95 bits per heavy atom. The molecule has 0 aliphatic carbocycles. The largest absolute Gasteiger partial charge is 0.341 e. The first kappa shape index (κ1) is 16.2. The molecule has 0 saturated heterocycles. The zero-order valence-corrected chi connectivity index (χ0v) is 13.4. The fourth-order valence-electron chi connectivity index (χ4n) is 1.85. The molecule has 0 saturated carbocycles. The highest BCUT2D eigenvalue weighted by atomic mass is 16.5. The van der Waals surface area contributed by atoms with E-state index in [4.69, 9.17) is 10.3 Å². The van der Waals surface area contributed by atoms with Crippen molar-refractivity contribution in [3.63, 3.8) is 0 Å². The number of carbonyl (C=O) groups is 1. The Morgan fingerprint density at radius 3 is 2.45 bits per heavy atom. The summed E-state index contributed by atoms with van der Waals surface area (Å²) in [4.78, 5) is 16.5. The highest BCUT2D eigenvalue weighted by Gasteiger charge is 2.24. The van der Waals surface area contributed by atoms with Crippen molar-refractivity contribution in [2.24, 2.45) is 5.73 Å². The Labute approximate surface area is 130 Å². The Kier molecular flexibility index (Phi) is 4.61. The van der Waals surface area contributed by atoms with E-state index in [0.717, 1.165) is 5.56 Å². The lowest BCUT2D eigenvalue weighted by molar-refractivity contribution is 0.0932. The lowest BCUT2D eigenvalue weighted by Gasteiger charge is -2.12. The quantitative estimate of drug-likeness (QED) is 0.904. The maximum absolute atomic E-state index is 12.2. The summed E-state index contributed by atoms with van der Waals surface area (Å²) >= 11 is 0. The van der Waals surface area contributed by atoms with Gasteiger partial charge < -0.3 is 15.6 Å². The van der Waals surface area contributed by atoms with Gasteiger partial charge in [-0.3, -0.25) is 4.79 Å². The number of hydrogen-bond donors (Lipinski definition) is 2. The number of amides is 1. The first-order valence-electron chi connectivity index (χ1n) is 7.25. The average Bonchev–Trinajstić information content (AvgIpc) is 2.97. The molecule has 3 N–H and O–H groups in total. The molecule has 2 rings (SSSR count). The summed E-state index contributed by atoms with van der Waals surface area (Å²) in [5.41, 5.74) is 6.90. The standard InChI is InChI=1S/C16H22N4O2/c1-10(14-19-15(20-22-14)16(2,3)4)18-13(21)12-7-5-11(9-17)6-8-12/h5-8,10H,9,17H2,1-4H3,(H,18,21). The molecule has 0 bridgehead atoms. The van der Waals surface area contributed by atoms with Crippen LogP contribution < -0.4 is 11.1 Å². The topological polar surface area (TPSA) is 94.0 Å². The third-order valence-corrected chi connectivity index (χ3v) is 3.28. The van der Waals surface area contributed by atoms with E-state index in [9.17, 15) is 4.79 Å². The monoisotopic (exact) mass is 302 g/mol. The molecule has 0 spiro atoms. The molecule has 1 aromatic carbocycles. The van der Waals surface area contributed by atoms with E-state index in [0.29, 0.717) is 23.8 Å². The number of aromatic nitrogens is 2. The lowest BCUT2D eigenvalue weighted by Crippen LogP contribution is -2.27. The normalized spacial score (nSPS) is 13.0. The SMILES string of the molecule is CC(NC(=O)c1ccc(CN)cc1)c1nc(C(C)(C)C)no1. The molecule has 2 aromatic rings. The van der Waals surface area contributed by atoms with E-state index in [1.807, 2.05) is 39.8 Å². The van der Waals surface area contributed by atoms with E-state index in [1.54, 1.807) is 12.1 Å². The van der Waals surface area contributed by atoms with Gasteiger partial charge in [-0.2, -0.15) is 4.98 Å². The van der Waals surface area contributed by atoms with Crippen molar-refractivity contribution in [3.05, 3.63) is 47.1 Å². The molecule has 1 heterocycles. The molecule has 1 aromatic heterocycles. The van der Waals surface area contributed by atoms with Crippen molar-refractivity contribution in [1.29, 1.82) is 0 Å². The van der Waals surface area contributed by atoms with Crippen LogP contribution in [0.4, 0.5) is 0 Å². The first-order chi connectivity index (χ1) is 10.3. The van der Waals surface area contributed by atoms with Gasteiger partial charge in [-0.05, 0) is 24.6 Å². The fraction of sp³-hybridized carbons (Fsp3) is 0.438. The minimum Gasteiger partial charge on any atom is -0.341 e. The van der Waals surface area contributed by atoms with Crippen LogP contribution in [0, 0.1) is 0 Å². The predicted octanol–water partition coefficient (Wildman–Crippen LogP) is 2.32. The third-order valence-electron chi connectivity index (χ3n) is 3.28. The van der Waals surface area contributed by atoms with Gasteiger partial charge in [0.2, 0.25) is 5.89 Å². The maximum atomic E-state index is 12.2. The fourth-order valence-corrected chi connectivity index (χ4v) is 1.85. The molecule has 1 unspecified atom stereocenters. The van der Waals surface area contributed by atoms with Gasteiger partial charge in [-0.15, -0.1) is 0 Å². The van der Waals surface area contributed by atoms with Crippen molar-refractivity contribution in [1.82, 2.24) is 15.5 Å². The first-order valence-corrected chi connectivity index (χ1v) is 7.25. The van der Waals surface area contributed by atoms with Gasteiger partial charge in [0.05, 0.1) is 0 Å². The van der Waals surface area contributed by atoms with Crippen LogP contribution in [0.1, 0.15) is 61.4 Å². The zero-order chi connectivity index (χ0) is 16.3. The van der Waals surface area contributed by atoms with Crippen LogP contribution >= 0.6 is 0 Å². The van der Waals surface area contributed by atoms with E-state index in [1.165, 1.54) is 0 Å². The van der Waals surface area contributed by atoms with Gasteiger partial charge in [-0.1, -0.05) is 38.1 Å². The number of hydrogen-bond acceptors (Lipinski definition) is 5. The number of rotatable bonds is 4. The van der Waals surface area contributed by atoms with Crippen LogP contribution in [-0.4, -0.2) is 16.0 Å². The summed E-state index contributed by atoms with van der Waals surface area (Å²) in [6.45, 7) is 8.28. The van der Waals surface area contributed by atoms with Crippen LogP contribution in [0.2, 0.25) is 0 Å². The van der Waals surface area contributed by atoms with Crippen molar-refractivity contribution in [2.45, 2.75) is 45.7 Å². The second-order valence-electron chi connectivity index (χ2n) is 6.30. The second kappa shape index (κ2) is 6.27. The zero-order valence-electron chi connectivity index (χ0n) is 13.4. The molecule has 0 aliphatic heterocycles. The van der Waals surface area contributed by atoms with Crippen LogP contribution in [0.5, 0.6) is 0 Å². The summed E-state index contributed by atoms with van der Waals surface area (Å²) in [5, 5.41) is 6.81. The van der Waals surface area contributed by atoms with Gasteiger partial charge in [0.15, 0.2) is 5.82 Å². The van der Waals surface area contributed by atoms with Crippen molar-refractivity contribution < 1.29 is 9.32 Å². The Hall–Kier alpha value is -2.21. The Bertz CT molecular complexity index is 641. The van der Waals surface area contributed by atoms with Gasteiger partial charge in [-0.25, -0.2) is 0 Å². The van der Waals surface area contributed by atoms with Crippen molar-refractivity contribution in [3.8, 4) is 0 Å². The molecule has 118 valence electrons. The summed E-state index contributed by atoms with van der Waals surface area (Å²) in [7, 11) is 0. The summed E-state index contributed by atoms with van der Waals surface area (Å²) in [5.74, 6) is 0.833. The molecule has 0 fully saturated rings. The number of nitrogens with one attached hydrogen (secondary N) is 1. The van der Waals surface area contributed by atoms with Crippen LogP contribution in [0.15, 0.2) is 28.8 Å². The van der Waals surface area contributed by atoms with Gasteiger partial charge in [0.1, 0.15) is 6.04 Å². The number of nitrogens with zero attached hydrogens (tertiary/aromatic N) is 2. The van der Waals surface area contributed by atoms with Crippen molar-refractivity contribution >= 4 is 5.91 Å². The highest BCUT2D eigenvalue weighted by Crippen LogP contribution is 2.20. The van der Waals surface area contributed by atoms with E-state index in [-0.39, 0.29) is 17.4 Å². The van der Waals surface area contributed by atoms with Crippen molar-refractivity contribution in [2.75, 3.05) is 0 Å². The Balaban J connectivity index is 2.05. The second-order valence-corrected chi connectivity index (χ2v) is 6.30. The minimum absolute atomic E-state index is 0.188. The molecule has 6 heteroatoms. The molecular formula is C16H22N4O2. The highest BCUT2D eigenvalue weighted by molar-refractivity contribution is 5.94. The van der Waals surface area contributed by atoms with E-state index < -0.39 is 0 Å². The lowest BCUT2D eigenvalue weighted by atomic mass is 9.96. The molecule has 0 radical (unpaired) electrons. The number of benzene rings is 1. The molecular weight excluding hydrogens is 280 g/mol. The number of carbonyl (C=O) groups excluding carboxylic acids is 1. The van der Waals surface area contributed by atoms with Crippen LogP contribution in [0.25, 0.3) is 0 Å². The molecule has 1 atom stereocenters. The van der Waals surface area contributed by atoms with E-state index >= 15 is 0 Å². The van der Waals surface area contributed by atoms with Gasteiger partial charge in [0, 0.05) is 17.5 Å². The third kappa shape index (κ3) is 3.71. The summed E-state index contributed by atoms with van der Waals surface area (Å²) in [6.07, 6.45) is 0. The van der Waals surface area contributed by atoms with Crippen LogP contribution in [-0.2, 0) is 12.0 Å². The maximum Gasteiger partial charge on any atom is 0.251 e. The summed E-state index contributed by atoms with van der Waals surface area (Å²) < 4.78 is 5.23. The summed E-state index contributed by atoms with van der Waals surface area (Å²) in [6, 6.07) is 6.82. The van der Waals surface area contributed by atoms with Gasteiger partial charge in [0.25, 0.3) is 5.91 Å². The predicted molar refractivity (Wildman–Crippen MR) is 83.2 cm³/mol. The van der Waals surface area contributed by atoms with Crippen LogP contribution in [0.3, 0.4) is 0 Å². The molecule has 22 heavy (non-hydrogen) atoms.